The topological polar surface area (TPSA) is 88.2 Å². The molecule has 0 saturated carbocycles. The summed E-state index contributed by atoms with van der Waals surface area (Å²) < 4.78 is 27.2. The third-order valence-corrected chi connectivity index (χ3v) is 5.78. The van der Waals surface area contributed by atoms with Crippen LogP contribution in [-0.2, 0) is 10.0 Å². The fourth-order valence-electron chi connectivity index (χ4n) is 1.92. The van der Waals surface area contributed by atoms with Crippen molar-refractivity contribution >= 4 is 32.4 Å². The van der Waals surface area contributed by atoms with Gasteiger partial charge in [-0.25, -0.2) is 13.4 Å². The molecule has 1 amide bonds. The number of thiazole rings is 1. The van der Waals surface area contributed by atoms with Crippen molar-refractivity contribution in [1.29, 1.82) is 0 Å². The number of nitrogens with zero attached hydrogens (tertiary/aromatic N) is 1. The van der Waals surface area contributed by atoms with Gasteiger partial charge in [0.2, 0.25) is 0 Å². The molecule has 1 aromatic carbocycles. The number of amides is 1. The molecule has 24 heavy (non-hydrogen) atoms. The monoisotopic (exact) mass is 367 g/mol. The van der Waals surface area contributed by atoms with E-state index in [4.69, 9.17) is 0 Å². The SMILES string of the molecule is Cc1ccc(S(=O)(=O)Nc2nc(C)c(C(=O)NCC(C)C)s2)cc1. The van der Waals surface area contributed by atoms with Crippen molar-refractivity contribution in [1.82, 2.24) is 10.3 Å². The predicted octanol–water partition coefficient (Wildman–Crippen LogP) is 2.95. The molecule has 0 atom stereocenters. The Morgan fingerprint density at radius 3 is 2.42 bits per heavy atom. The lowest BCUT2D eigenvalue weighted by Gasteiger charge is -2.06. The van der Waals surface area contributed by atoms with Gasteiger partial charge in [0, 0.05) is 6.54 Å². The normalized spacial score (nSPS) is 11.5. The van der Waals surface area contributed by atoms with E-state index in [0.29, 0.717) is 23.0 Å². The van der Waals surface area contributed by atoms with Crippen LogP contribution in [-0.4, -0.2) is 25.9 Å². The average molecular weight is 367 g/mol. The summed E-state index contributed by atoms with van der Waals surface area (Å²) in [6.07, 6.45) is 0. The summed E-state index contributed by atoms with van der Waals surface area (Å²) in [6, 6.07) is 6.53. The molecule has 0 aliphatic heterocycles. The number of sulfonamides is 1. The van der Waals surface area contributed by atoms with Gasteiger partial charge in [-0.3, -0.25) is 9.52 Å². The fourth-order valence-corrected chi connectivity index (χ4v) is 4.04. The molecule has 0 spiro atoms. The Bertz CT molecular complexity index is 825. The molecule has 0 radical (unpaired) electrons. The summed E-state index contributed by atoms with van der Waals surface area (Å²) in [4.78, 5) is 16.9. The van der Waals surface area contributed by atoms with E-state index < -0.39 is 10.0 Å². The van der Waals surface area contributed by atoms with E-state index in [1.165, 1.54) is 12.1 Å². The van der Waals surface area contributed by atoms with Gasteiger partial charge in [-0.2, -0.15) is 0 Å². The zero-order valence-electron chi connectivity index (χ0n) is 14.1. The molecule has 2 rings (SSSR count). The van der Waals surface area contributed by atoms with Crippen LogP contribution in [0.3, 0.4) is 0 Å². The number of carbonyl (C=O) groups is 1. The molecule has 6 nitrogen and oxygen atoms in total. The second kappa shape index (κ2) is 7.31. The lowest BCUT2D eigenvalue weighted by molar-refractivity contribution is 0.0952. The summed E-state index contributed by atoms with van der Waals surface area (Å²) in [6.45, 7) is 8.13. The average Bonchev–Trinajstić information content (AvgIpc) is 2.85. The van der Waals surface area contributed by atoms with Gasteiger partial charge in [0.15, 0.2) is 5.13 Å². The molecule has 0 saturated heterocycles. The maximum atomic E-state index is 12.4. The number of hydrogen-bond acceptors (Lipinski definition) is 5. The highest BCUT2D eigenvalue weighted by atomic mass is 32.2. The highest BCUT2D eigenvalue weighted by Gasteiger charge is 2.20. The van der Waals surface area contributed by atoms with Gasteiger partial charge in [0.1, 0.15) is 4.88 Å². The van der Waals surface area contributed by atoms with Crippen LogP contribution in [0.15, 0.2) is 29.2 Å². The molecule has 1 aromatic heterocycles. The van der Waals surface area contributed by atoms with Crippen molar-refractivity contribution in [3.8, 4) is 0 Å². The zero-order valence-corrected chi connectivity index (χ0v) is 15.7. The Morgan fingerprint density at radius 2 is 1.83 bits per heavy atom. The number of rotatable bonds is 6. The maximum absolute atomic E-state index is 12.4. The number of aryl methyl sites for hydroxylation is 2. The number of aromatic nitrogens is 1. The molecular formula is C16H21N3O3S2. The lowest BCUT2D eigenvalue weighted by Crippen LogP contribution is -2.27. The molecule has 8 heteroatoms. The summed E-state index contributed by atoms with van der Waals surface area (Å²) in [5.74, 6) is 0.0983. The molecule has 1 heterocycles. The van der Waals surface area contributed by atoms with Crippen molar-refractivity contribution in [2.45, 2.75) is 32.6 Å². The second-order valence-electron chi connectivity index (χ2n) is 5.96. The van der Waals surface area contributed by atoms with Crippen molar-refractivity contribution in [3.05, 3.63) is 40.4 Å². The van der Waals surface area contributed by atoms with E-state index in [9.17, 15) is 13.2 Å². The van der Waals surface area contributed by atoms with Gasteiger partial charge in [-0.05, 0) is 31.9 Å². The Kier molecular flexibility index (Phi) is 5.61. The van der Waals surface area contributed by atoms with Crippen molar-refractivity contribution < 1.29 is 13.2 Å². The first-order chi connectivity index (χ1) is 11.2. The molecular weight excluding hydrogens is 346 g/mol. The van der Waals surface area contributed by atoms with Crippen LogP contribution in [0.1, 0.15) is 34.8 Å². The minimum Gasteiger partial charge on any atom is -0.351 e. The maximum Gasteiger partial charge on any atom is 0.263 e. The molecule has 0 aliphatic rings. The van der Waals surface area contributed by atoms with E-state index in [-0.39, 0.29) is 15.9 Å². The first kappa shape index (κ1) is 18.4. The summed E-state index contributed by atoms with van der Waals surface area (Å²) in [5, 5.41) is 2.99. The standard InChI is InChI=1S/C16H21N3O3S2/c1-10(2)9-17-15(20)14-12(4)18-16(23-14)19-24(21,22)13-7-5-11(3)6-8-13/h5-8,10H,9H2,1-4H3,(H,17,20)(H,18,19). The van der Waals surface area contributed by atoms with Crippen molar-refractivity contribution in [2.75, 3.05) is 11.3 Å². The second-order valence-corrected chi connectivity index (χ2v) is 8.64. The van der Waals surface area contributed by atoms with Gasteiger partial charge in [0.25, 0.3) is 15.9 Å². The van der Waals surface area contributed by atoms with Gasteiger partial charge in [0.05, 0.1) is 10.6 Å². The van der Waals surface area contributed by atoms with Crippen LogP contribution in [0.4, 0.5) is 5.13 Å². The quantitative estimate of drug-likeness (QED) is 0.822. The summed E-state index contributed by atoms with van der Waals surface area (Å²) >= 11 is 1.03. The Balaban J connectivity index is 2.17. The van der Waals surface area contributed by atoms with Crippen LogP contribution >= 0.6 is 11.3 Å². The number of nitrogens with one attached hydrogen (secondary N) is 2. The van der Waals surface area contributed by atoms with E-state index in [1.807, 2.05) is 20.8 Å². The minimum atomic E-state index is -3.72. The predicted molar refractivity (Wildman–Crippen MR) is 96.0 cm³/mol. The van der Waals surface area contributed by atoms with Crippen LogP contribution in [0, 0.1) is 19.8 Å². The fraction of sp³-hybridized carbons (Fsp3) is 0.375. The van der Waals surface area contributed by atoms with Crippen LogP contribution in [0.25, 0.3) is 0 Å². The number of carbonyl (C=O) groups excluding carboxylic acids is 1. The molecule has 130 valence electrons. The highest BCUT2D eigenvalue weighted by molar-refractivity contribution is 7.93. The first-order valence-corrected chi connectivity index (χ1v) is 9.84. The molecule has 0 bridgehead atoms. The van der Waals surface area contributed by atoms with Gasteiger partial charge in [-0.1, -0.05) is 42.9 Å². The van der Waals surface area contributed by atoms with E-state index in [1.54, 1.807) is 19.1 Å². The smallest absolute Gasteiger partial charge is 0.263 e. The van der Waals surface area contributed by atoms with Crippen LogP contribution in [0.5, 0.6) is 0 Å². The largest absolute Gasteiger partial charge is 0.351 e. The Labute approximate surface area is 146 Å². The molecule has 0 fully saturated rings. The Morgan fingerprint density at radius 1 is 1.21 bits per heavy atom. The molecule has 2 N–H and O–H groups in total. The van der Waals surface area contributed by atoms with Crippen LogP contribution in [0.2, 0.25) is 0 Å². The van der Waals surface area contributed by atoms with E-state index in [2.05, 4.69) is 15.0 Å². The number of benzene rings is 1. The molecule has 0 unspecified atom stereocenters. The summed E-state index contributed by atoms with van der Waals surface area (Å²) in [5.41, 5.74) is 1.48. The minimum absolute atomic E-state index is 0.159. The third kappa shape index (κ3) is 4.55. The van der Waals surface area contributed by atoms with Gasteiger partial charge < -0.3 is 5.32 Å². The highest BCUT2D eigenvalue weighted by Crippen LogP contribution is 2.25. The number of hydrogen-bond donors (Lipinski definition) is 2. The first-order valence-electron chi connectivity index (χ1n) is 7.54. The van der Waals surface area contributed by atoms with Gasteiger partial charge >= 0.3 is 0 Å². The van der Waals surface area contributed by atoms with Crippen molar-refractivity contribution in [3.63, 3.8) is 0 Å². The van der Waals surface area contributed by atoms with E-state index >= 15 is 0 Å². The van der Waals surface area contributed by atoms with Gasteiger partial charge in [-0.15, -0.1) is 0 Å². The lowest BCUT2D eigenvalue weighted by atomic mass is 10.2. The van der Waals surface area contributed by atoms with E-state index in [0.717, 1.165) is 16.9 Å². The summed E-state index contributed by atoms with van der Waals surface area (Å²) in [7, 11) is -3.72. The molecule has 0 aliphatic carbocycles. The molecule has 2 aromatic rings. The van der Waals surface area contributed by atoms with Crippen molar-refractivity contribution in [2.24, 2.45) is 5.92 Å². The zero-order chi connectivity index (χ0) is 17.9. The Hall–Kier alpha value is -1.93. The third-order valence-electron chi connectivity index (χ3n) is 3.23. The number of anilines is 1. The van der Waals surface area contributed by atoms with Crippen LogP contribution < -0.4 is 10.0 Å².